The van der Waals surface area contributed by atoms with Crippen LogP contribution in [-0.2, 0) is 4.79 Å². The van der Waals surface area contributed by atoms with E-state index in [0.29, 0.717) is 12.2 Å². The number of nitrogens with zero attached hydrogens (tertiary/aromatic N) is 1. The van der Waals surface area contributed by atoms with Crippen molar-refractivity contribution < 1.29 is 4.79 Å². The predicted octanol–water partition coefficient (Wildman–Crippen LogP) is 3.51. The first-order chi connectivity index (χ1) is 9.19. The number of piperidine rings is 1. The Bertz CT molecular complexity index is 409. The summed E-state index contributed by atoms with van der Waals surface area (Å²) < 4.78 is 0. The lowest BCUT2D eigenvalue weighted by Crippen LogP contribution is -2.44. The van der Waals surface area contributed by atoms with Crippen molar-refractivity contribution in [3.05, 3.63) is 36.0 Å². The highest BCUT2D eigenvalue weighted by molar-refractivity contribution is 5.88. The van der Waals surface area contributed by atoms with E-state index in [0.717, 1.165) is 38.8 Å². The van der Waals surface area contributed by atoms with Gasteiger partial charge in [0.15, 0.2) is 0 Å². The van der Waals surface area contributed by atoms with E-state index in [4.69, 9.17) is 0 Å². The van der Waals surface area contributed by atoms with Crippen LogP contribution < -0.4 is 0 Å². The summed E-state index contributed by atoms with van der Waals surface area (Å²) in [6, 6.07) is 0. The zero-order valence-corrected chi connectivity index (χ0v) is 12.2. The normalized spacial score (nSPS) is 22.9. The van der Waals surface area contributed by atoms with E-state index in [9.17, 15) is 4.79 Å². The predicted molar refractivity (Wildman–Crippen MR) is 80.1 cm³/mol. The summed E-state index contributed by atoms with van der Waals surface area (Å²) in [5, 5.41) is 0. The Labute approximate surface area is 116 Å². The second kappa shape index (κ2) is 6.33. The van der Waals surface area contributed by atoms with Crippen molar-refractivity contribution in [2.24, 2.45) is 5.41 Å². The van der Waals surface area contributed by atoms with Crippen molar-refractivity contribution in [3.8, 4) is 0 Å². The molecule has 0 bridgehead atoms. The van der Waals surface area contributed by atoms with Crippen LogP contribution >= 0.6 is 0 Å². The zero-order chi connectivity index (χ0) is 13.7. The van der Waals surface area contributed by atoms with Crippen molar-refractivity contribution in [2.75, 3.05) is 20.1 Å². The van der Waals surface area contributed by atoms with Crippen LogP contribution in [-0.4, -0.2) is 30.8 Å². The van der Waals surface area contributed by atoms with Crippen LogP contribution in [0.2, 0.25) is 0 Å². The van der Waals surface area contributed by atoms with Gasteiger partial charge < -0.3 is 4.90 Å². The van der Waals surface area contributed by atoms with Gasteiger partial charge in [-0.05, 0) is 45.8 Å². The molecule has 0 saturated carbocycles. The number of ketones is 1. The first-order valence-corrected chi connectivity index (χ1v) is 7.44. The fraction of sp³-hybridized carbons (Fsp3) is 0.588. The highest BCUT2D eigenvalue weighted by atomic mass is 16.1. The third-order valence-electron chi connectivity index (χ3n) is 4.46. The molecule has 0 radical (unpaired) electrons. The molecule has 0 aromatic rings. The SMILES string of the molecule is CCCC(=O)C1(C2=CC=CC=CC2)CCN(C)CC1. The maximum absolute atomic E-state index is 12.7. The monoisotopic (exact) mass is 259 g/mol. The smallest absolute Gasteiger partial charge is 0.143 e. The van der Waals surface area contributed by atoms with Crippen LogP contribution in [0.4, 0.5) is 0 Å². The highest BCUT2D eigenvalue weighted by Gasteiger charge is 2.42. The Morgan fingerprint density at radius 3 is 2.68 bits per heavy atom. The molecule has 2 rings (SSSR count). The van der Waals surface area contributed by atoms with Gasteiger partial charge in [0.2, 0.25) is 0 Å². The summed E-state index contributed by atoms with van der Waals surface area (Å²) in [7, 11) is 2.15. The van der Waals surface area contributed by atoms with E-state index in [1.807, 2.05) is 0 Å². The molecule has 19 heavy (non-hydrogen) atoms. The maximum Gasteiger partial charge on any atom is 0.143 e. The molecule has 0 aromatic carbocycles. The van der Waals surface area contributed by atoms with Gasteiger partial charge in [0, 0.05) is 6.42 Å². The largest absolute Gasteiger partial charge is 0.306 e. The average Bonchev–Trinajstić information content (AvgIpc) is 2.69. The van der Waals surface area contributed by atoms with Crippen LogP contribution in [0, 0.1) is 5.41 Å². The Morgan fingerprint density at radius 1 is 1.26 bits per heavy atom. The standard InChI is InChI=1S/C17H25NO/c1-3-8-16(19)17(11-13-18(2)14-12-17)15-9-6-4-5-7-10-15/h4-7,9H,3,8,10-14H2,1-2H3. The van der Waals surface area contributed by atoms with Gasteiger partial charge in [0.1, 0.15) is 5.78 Å². The first-order valence-electron chi connectivity index (χ1n) is 7.44. The van der Waals surface area contributed by atoms with Gasteiger partial charge in [-0.1, -0.05) is 42.9 Å². The topological polar surface area (TPSA) is 20.3 Å². The zero-order valence-electron chi connectivity index (χ0n) is 12.2. The summed E-state index contributed by atoms with van der Waals surface area (Å²) in [4.78, 5) is 15.1. The van der Waals surface area contributed by atoms with E-state index in [1.54, 1.807) is 0 Å². The van der Waals surface area contributed by atoms with Gasteiger partial charge in [-0.2, -0.15) is 0 Å². The highest BCUT2D eigenvalue weighted by Crippen LogP contribution is 2.42. The van der Waals surface area contributed by atoms with Gasteiger partial charge >= 0.3 is 0 Å². The number of likely N-dealkylation sites (tertiary alicyclic amines) is 1. The molecule has 0 atom stereocenters. The van der Waals surface area contributed by atoms with E-state index < -0.39 is 0 Å². The lowest BCUT2D eigenvalue weighted by atomic mass is 9.67. The van der Waals surface area contributed by atoms with Gasteiger partial charge in [-0.3, -0.25) is 4.79 Å². The summed E-state index contributed by atoms with van der Waals surface area (Å²) in [6.07, 6.45) is 15.1. The lowest BCUT2D eigenvalue weighted by Gasteiger charge is -2.41. The number of carbonyl (C=O) groups excluding carboxylic acids is 1. The minimum atomic E-state index is -0.193. The Kier molecular flexibility index (Phi) is 4.76. The average molecular weight is 259 g/mol. The number of hydrogen-bond donors (Lipinski definition) is 0. The molecule has 2 aliphatic rings. The van der Waals surface area contributed by atoms with E-state index in [1.165, 1.54) is 5.57 Å². The first kappa shape index (κ1) is 14.3. The molecule has 0 N–H and O–H groups in total. The van der Waals surface area contributed by atoms with E-state index in [2.05, 4.69) is 49.3 Å². The summed E-state index contributed by atoms with van der Waals surface area (Å²) in [5.41, 5.74) is 1.13. The number of allylic oxidation sites excluding steroid dienone is 6. The number of Topliss-reactive ketones (excluding diaryl/α,β-unsaturated/α-hetero) is 1. The molecule has 2 nitrogen and oxygen atoms in total. The van der Waals surface area contributed by atoms with Crippen LogP contribution in [0.15, 0.2) is 36.0 Å². The van der Waals surface area contributed by atoms with Crippen molar-refractivity contribution in [3.63, 3.8) is 0 Å². The Balaban J connectivity index is 2.28. The van der Waals surface area contributed by atoms with Crippen molar-refractivity contribution in [2.45, 2.75) is 39.0 Å². The third-order valence-corrected chi connectivity index (χ3v) is 4.46. The van der Waals surface area contributed by atoms with E-state index >= 15 is 0 Å². The summed E-state index contributed by atoms with van der Waals surface area (Å²) in [6.45, 7) is 4.16. The second-order valence-corrected chi connectivity index (χ2v) is 5.77. The minimum Gasteiger partial charge on any atom is -0.306 e. The third kappa shape index (κ3) is 3.06. The molecule has 0 spiro atoms. The second-order valence-electron chi connectivity index (χ2n) is 5.77. The molecule has 0 unspecified atom stereocenters. The summed E-state index contributed by atoms with van der Waals surface area (Å²) in [5.74, 6) is 0.457. The molecule has 0 aromatic heterocycles. The van der Waals surface area contributed by atoms with Gasteiger partial charge in [-0.15, -0.1) is 0 Å². The molecule has 1 aliphatic carbocycles. The molecule has 0 amide bonds. The van der Waals surface area contributed by atoms with Gasteiger partial charge in [0.25, 0.3) is 0 Å². The quantitative estimate of drug-likeness (QED) is 0.770. The van der Waals surface area contributed by atoms with E-state index in [-0.39, 0.29) is 5.41 Å². The van der Waals surface area contributed by atoms with Crippen molar-refractivity contribution in [1.82, 2.24) is 4.90 Å². The minimum absolute atomic E-state index is 0.193. The van der Waals surface area contributed by atoms with Crippen molar-refractivity contribution in [1.29, 1.82) is 0 Å². The number of rotatable bonds is 4. The van der Waals surface area contributed by atoms with Crippen LogP contribution in [0.5, 0.6) is 0 Å². The van der Waals surface area contributed by atoms with Gasteiger partial charge in [-0.25, -0.2) is 0 Å². The maximum atomic E-state index is 12.7. The van der Waals surface area contributed by atoms with Crippen molar-refractivity contribution >= 4 is 5.78 Å². The van der Waals surface area contributed by atoms with Crippen LogP contribution in [0.1, 0.15) is 39.0 Å². The van der Waals surface area contributed by atoms with Crippen LogP contribution in [0.25, 0.3) is 0 Å². The lowest BCUT2D eigenvalue weighted by molar-refractivity contribution is -0.129. The van der Waals surface area contributed by atoms with Gasteiger partial charge in [0.05, 0.1) is 5.41 Å². The Morgan fingerprint density at radius 2 is 2.00 bits per heavy atom. The number of hydrogen-bond acceptors (Lipinski definition) is 2. The molecular weight excluding hydrogens is 234 g/mol. The molecule has 1 fully saturated rings. The fourth-order valence-electron chi connectivity index (χ4n) is 3.18. The van der Waals surface area contributed by atoms with Crippen LogP contribution in [0.3, 0.4) is 0 Å². The fourth-order valence-corrected chi connectivity index (χ4v) is 3.18. The Hall–Kier alpha value is -1.15. The molecule has 1 saturated heterocycles. The molecule has 2 heteroatoms. The molecule has 1 heterocycles. The molecular formula is C17H25NO. The summed E-state index contributed by atoms with van der Waals surface area (Å²) >= 11 is 0. The molecule has 104 valence electrons. The molecule has 1 aliphatic heterocycles. The number of carbonyl (C=O) groups is 1.